The zero-order chi connectivity index (χ0) is 20.9. The lowest BCUT2D eigenvalue weighted by Gasteiger charge is -2.25. The van der Waals surface area contributed by atoms with E-state index in [4.69, 9.17) is 13.8 Å². The Bertz CT molecular complexity index is 811. The lowest BCUT2D eigenvalue weighted by molar-refractivity contribution is -0.228. The van der Waals surface area contributed by atoms with E-state index in [1.54, 1.807) is 0 Å². The molecule has 12 heteroatoms. The first kappa shape index (κ1) is 23.3. The SMILES string of the molecule is Cc1cn([C@H]2C[C@@H](O)[C@@H](COP(=O)([O-])OCCCCC(C)S)O2)c(=O)[nH]c1=O. The summed E-state index contributed by atoms with van der Waals surface area (Å²) in [5.74, 6) is 0. The van der Waals surface area contributed by atoms with Crippen molar-refractivity contribution in [2.45, 2.75) is 63.2 Å². The second-order valence-corrected chi connectivity index (χ2v) is 9.12. The number of nitrogens with zero attached hydrogens (tertiary/aromatic N) is 1. The first-order chi connectivity index (χ1) is 13.1. The summed E-state index contributed by atoms with van der Waals surface area (Å²) in [5, 5.41) is 10.3. The van der Waals surface area contributed by atoms with E-state index >= 15 is 0 Å². The normalized spacial score (nSPS) is 25.5. The van der Waals surface area contributed by atoms with Gasteiger partial charge in [-0.25, -0.2) is 4.79 Å². The van der Waals surface area contributed by atoms with Crippen LogP contribution in [0.4, 0.5) is 0 Å². The van der Waals surface area contributed by atoms with Crippen molar-refractivity contribution in [3.05, 3.63) is 32.6 Å². The van der Waals surface area contributed by atoms with Crippen LogP contribution in [0.1, 0.15) is 44.4 Å². The second kappa shape index (κ2) is 10.2. The van der Waals surface area contributed by atoms with Gasteiger partial charge in [0.15, 0.2) is 0 Å². The van der Waals surface area contributed by atoms with Crippen molar-refractivity contribution in [2.75, 3.05) is 13.2 Å². The fourth-order valence-corrected chi connectivity index (χ4v) is 3.70. The van der Waals surface area contributed by atoms with Crippen LogP contribution in [0.3, 0.4) is 0 Å². The van der Waals surface area contributed by atoms with Crippen molar-refractivity contribution in [2.24, 2.45) is 0 Å². The number of hydrogen-bond acceptors (Lipinski definition) is 9. The molecule has 2 rings (SSSR count). The van der Waals surface area contributed by atoms with Crippen LogP contribution in [0.5, 0.6) is 0 Å². The summed E-state index contributed by atoms with van der Waals surface area (Å²) in [6.07, 6.45) is 0.719. The summed E-state index contributed by atoms with van der Waals surface area (Å²) >= 11 is 4.24. The number of aromatic nitrogens is 2. The molecular weight excluding hydrogens is 411 g/mol. The van der Waals surface area contributed by atoms with E-state index in [1.165, 1.54) is 13.1 Å². The van der Waals surface area contributed by atoms with E-state index in [0.29, 0.717) is 12.0 Å². The Morgan fingerprint density at radius 2 is 2.18 bits per heavy atom. The van der Waals surface area contributed by atoms with E-state index in [-0.39, 0.29) is 18.3 Å². The number of H-pyrrole nitrogens is 1. The maximum Gasteiger partial charge on any atom is 0.330 e. The molecule has 28 heavy (non-hydrogen) atoms. The van der Waals surface area contributed by atoms with Gasteiger partial charge in [0, 0.05) is 18.2 Å². The van der Waals surface area contributed by atoms with Crippen LogP contribution in [0.15, 0.2) is 15.8 Å². The predicted octanol–water partition coefficient (Wildman–Crippen LogP) is 0.484. The molecule has 1 aliphatic heterocycles. The number of nitrogens with one attached hydrogen (secondary N) is 1. The molecule has 0 radical (unpaired) electrons. The van der Waals surface area contributed by atoms with Gasteiger partial charge >= 0.3 is 5.69 Å². The number of phosphoric acid groups is 1. The van der Waals surface area contributed by atoms with Gasteiger partial charge in [-0.1, -0.05) is 13.3 Å². The number of phosphoric ester groups is 1. The largest absolute Gasteiger partial charge is 0.756 e. The van der Waals surface area contributed by atoms with Crippen molar-refractivity contribution in [1.29, 1.82) is 0 Å². The van der Waals surface area contributed by atoms with Crippen molar-refractivity contribution < 1.29 is 28.3 Å². The summed E-state index contributed by atoms with van der Waals surface area (Å²) in [6, 6.07) is 0. The van der Waals surface area contributed by atoms with Crippen molar-refractivity contribution >= 4 is 20.5 Å². The Morgan fingerprint density at radius 3 is 2.86 bits per heavy atom. The Hall–Kier alpha value is -0.940. The number of thiol groups is 1. The molecule has 2 N–H and O–H groups in total. The average Bonchev–Trinajstić information content (AvgIpc) is 2.96. The minimum atomic E-state index is -4.53. The summed E-state index contributed by atoms with van der Waals surface area (Å²) in [6.45, 7) is 3.05. The second-order valence-electron chi connectivity index (χ2n) is 6.83. The Labute approximate surface area is 167 Å². The molecule has 1 aromatic rings. The molecule has 2 unspecified atom stereocenters. The topological polar surface area (TPSA) is 143 Å². The van der Waals surface area contributed by atoms with Crippen molar-refractivity contribution in [1.82, 2.24) is 9.55 Å². The molecule has 0 saturated carbocycles. The minimum absolute atomic E-state index is 0.00400. The van der Waals surface area contributed by atoms with Gasteiger partial charge in [0.1, 0.15) is 12.3 Å². The molecule has 5 atom stereocenters. The summed E-state index contributed by atoms with van der Waals surface area (Å²) in [5.41, 5.74) is -0.877. The van der Waals surface area contributed by atoms with E-state index in [0.717, 1.165) is 17.4 Å². The average molecular weight is 437 g/mol. The smallest absolute Gasteiger partial charge is 0.330 e. The number of hydrogen-bond donors (Lipinski definition) is 3. The van der Waals surface area contributed by atoms with Gasteiger partial charge in [-0.2, -0.15) is 12.6 Å². The Morgan fingerprint density at radius 1 is 1.46 bits per heavy atom. The van der Waals surface area contributed by atoms with Gasteiger partial charge in [-0.05, 0) is 25.0 Å². The molecule has 1 aromatic heterocycles. The van der Waals surface area contributed by atoms with Gasteiger partial charge in [-0.15, -0.1) is 0 Å². The van der Waals surface area contributed by atoms with Crippen LogP contribution in [0.25, 0.3) is 0 Å². The lowest BCUT2D eigenvalue weighted by atomic mass is 10.2. The van der Waals surface area contributed by atoms with Crippen molar-refractivity contribution in [3.8, 4) is 0 Å². The van der Waals surface area contributed by atoms with Crippen molar-refractivity contribution in [3.63, 3.8) is 0 Å². The molecule has 0 bridgehead atoms. The third-order valence-corrected chi connectivity index (χ3v) is 5.55. The molecular formula is C16H26N2O8PS-. The fourth-order valence-electron chi connectivity index (χ4n) is 2.76. The fraction of sp³-hybridized carbons (Fsp3) is 0.750. The van der Waals surface area contributed by atoms with Gasteiger partial charge < -0.3 is 23.8 Å². The highest BCUT2D eigenvalue weighted by Crippen LogP contribution is 2.40. The van der Waals surface area contributed by atoms with Crippen LogP contribution in [0.2, 0.25) is 0 Å². The third kappa shape index (κ3) is 6.84. The van der Waals surface area contributed by atoms with E-state index in [9.17, 15) is 24.2 Å². The van der Waals surface area contributed by atoms with Crippen LogP contribution in [-0.2, 0) is 18.3 Å². The standard InChI is InChI=1S/C16H27N2O8PS/c1-10-8-18(16(21)17-15(10)20)14-7-12(19)13(26-14)9-25-27(22,23)24-6-4-3-5-11(2)28/h8,11-14,19,28H,3-7,9H2,1-2H3,(H,22,23)(H,17,20,21)/p-1/t11?,12-,13-,14-/m1/s1. The molecule has 0 aromatic carbocycles. The molecule has 0 spiro atoms. The molecule has 10 nitrogen and oxygen atoms in total. The summed E-state index contributed by atoms with van der Waals surface area (Å²) in [4.78, 5) is 37.3. The van der Waals surface area contributed by atoms with Crippen LogP contribution < -0.4 is 16.1 Å². The molecule has 1 aliphatic rings. The molecule has 1 saturated heterocycles. The lowest BCUT2D eigenvalue weighted by Crippen LogP contribution is -2.33. The highest BCUT2D eigenvalue weighted by atomic mass is 32.1. The molecule has 0 amide bonds. The number of aliphatic hydroxyl groups is 1. The number of ether oxygens (including phenoxy) is 1. The van der Waals surface area contributed by atoms with Gasteiger partial charge in [0.25, 0.3) is 13.4 Å². The first-order valence-corrected chi connectivity index (χ1v) is 11.0. The number of rotatable bonds is 10. The molecule has 160 valence electrons. The Kier molecular flexibility index (Phi) is 8.50. The number of aryl methyl sites for hydroxylation is 1. The predicted molar refractivity (Wildman–Crippen MR) is 102 cm³/mol. The highest BCUT2D eigenvalue weighted by Gasteiger charge is 2.36. The first-order valence-electron chi connectivity index (χ1n) is 9.03. The van der Waals surface area contributed by atoms with E-state index < -0.39 is 44.1 Å². The maximum atomic E-state index is 11.9. The zero-order valence-corrected chi connectivity index (χ0v) is 17.6. The monoisotopic (exact) mass is 437 g/mol. The molecule has 0 aliphatic carbocycles. The molecule has 2 heterocycles. The Balaban J connectivity index is 1.85. The summed E-state index contributed by atoms with van der Waals surface area (Å²) < 4.78 is 28.1. The van der Waals surface area contributed by atoms with E-state index in [2.05, 4.69) is 17.6 Å². The van der Waals surface area contributed by atoms with Crippen LogP contribution in [0, 0.1) is 6.92 Å². The third-order valence-electron chi connectivity index (χ3n) is 4.32. The minimum Gasteiger partial charge on any atom is -0.756 e. The number of aliphatic hydroxyl groups excluding tert-OH is 1. The van der Waals surface area contributed by atoms with Gasteiger partial charge in [0.05, 0.1) is 19.3 Å². The van der Waals surface area contributed by atoms with Gasteiger partial charge in [0.2, 0.25) is 0 Å². The van der Waals surface area contributed by atoms with Crippen LogP contribution in [-0.4, -0.2) is 45.3 Å². The maximum absolute atomic E-state index is 11.9. The van der Waals surface area contributed by atoms with Crippen LogP contribution >= 0.6 is 20.5 Å². The van der Waals surface area contributed by atoms with E-state index in [1.807, 2.05) is 6.92 Å². The zero-order valence-electron chi connectivity index (χ0n) is 15.8. The molecule has 1 fully saturated rings. The van der Waals surface area contributed by atoms with Gasteiger partial charge in [-0.3, -0.25) is 18.9 Å². The number of aromatic amines is 1. The highest BCUT2D eigenvalue weighted by molar-refractivity contribution is 7.80. The quantitative estimate of drug-likeness (QED) is 0.273. The number of unbranched alkanes of at least 4 members (excludes halogenated alkanes) is 1. The summed E-state index contributed by atoms with van der Waals surface area (Å²) in [7, 11) is -4.53.